The maximum absolute atomic E-state index is 12.5. The zero-order valence-corrected chi connectivity index (χ0v) is 45.4. The second-order valence-electron chi connectivity index (χ2n) is 21.0. The van der Waals surface area contributed by atoms with E-state index in [4.69, 9.17) is 4.74 Å². The molecule has 3 N–H and O–H groups in total. The lowest BCUT2D eigenvalue weighted by atomic mass is 10.0. The first-order valence-corrected chi connectivity index (χ1v) is 30.4. The molecule has 67 heavy (non-hydrogen) atoms. The minimum absolute atomic E-state index is 0.00446. The Morgan fingerprint density at radius 3 is 1.06 bits per heavy atom. The molecule has 0 aliphatic carbocycles. The van der Waals surface area contributed by atoms with Crippen molar-refractivity contribution in [3.63, 3.8) is 0 Å². The van der Waals surface area contributed by atoms with Crippen molar-refractivity contribution in [2.75, 3.05) is 13.2 Å². The number of amides is 1. The molecule has 0 aromatic carbocycles. The van der Waals surface area contributed by atoms with Crippen LogP contribution in [-0.2, 0) is 14.3 Å². The van der Waals surface area contributed by atoms with Crippen LogP contribution in [0, 0.1) is 0 Å². The molecule has 0 aromatic heterocycles. The lowest BCUT2D eigenvalue weighted by Crippen LogP contribution is -2.45. The van der Waals surface area contributed by atoms with E-state index in [1.807, 2.05) is 0 Å². The first-order valence-electron chi connectivity index (χ1n) is 30.4. The largest absolute Gasteiger partial charge is 0.466 e. The fraction of sp³-hybridized carbons (Fsp3) is 0.934. The van der Waals surface area contributed by atoms with Gasteiger partial charge in [-0.2, -0.15) is 0 Å². The number of unbranched alkanes of at least 4 members (excludes halogenated alkanes) is 44. The Balaban J connectivity index is 3.43. The normalized spacial score (nSPS) is 12.6. The van der Waals surface area contributed by atoms with Crippen molar-refractivity contribution in [1.82, 2.24) is 5.32 Å². The van der Waals surface area contributed by atoms with E-state index < -0.39 is 12.1 Å². The topological polar surface area (TPSA) is 95.9 Å². The molecule has 0 aromatic rings. The Hall–Kier alpha value is -1.40. The maximum Gasteiger partial charge on any atom is 0.305 e. The van der Waals surface area contributed by atoms with Gasteiger partial charge in [-0.05, 0) is 51.4 Å². The standard InChI is InChI=1S/C61H119NO5/c1-3-5-7-9-11-13-15-17-19-21-22-23-27-31-35-39-43-47-51-55-61(66)67-56-52-48-44-40-36-32-28-24-26-30-34-38-42-46-50-54-60(65)62-58(57-63)59(64)53-49-45-41-37-33-29-25-20-18-16-14-12-10-8-6-4-2/h28,32,58-59,63-64H,3-27,29-31,33-57H2,1-2H3,(H,62,65)/b32-28-. The van der Waals surface area contributed by atoms with Crippen LogP contribution < -0.4 is 5.32 Å². The minimum atomic E-state index is -0.673. The Labute approximate surface area is 419 Å². The van der Waals surface area contributed by atoms with Gasteiger partial charge in [0.2, 0.25) is 5.91 Å². The Morgan fingerprint density at radius 1 is 0.403 bits per heavy atom. The number of ether oxygens (including phenoxy) is 1. The second-order valence-corrected chi connectivity index (χ2v) is 21.0. The highest BCUT2D eigenvalue weighted by molar-refractivity contribution is 5.76. The third-order valence-electron chi connectivity index (χ3n) is 14.3. The lowest BCUT2D eigenvalue weighted by molar-refractivity contribution is -0.143. The van der Waals surface area contributed by atoms with Crippen molar-refractivity contribution in [2.24, 2.45) is 0 Å². The van der Waals surface area contributed by atoms with Gasteiger partial charge in [0.25, 0.3) is 0 Å². The van der Waals surface area contributed by atoms with Crippen molar-refractivity contribution >= 4 is 11.9 Å². The number of aliphatic hydroxyl groups is 2. The van der Waals surface area contributed by atoms with Gasteiger partial charge in [-0.1, -0.05) is 289 Å². The van der Waals surface area contributed by atoms with Crippen LogP contribution in [0.3, 0.4) is 0 Å². The van der Waals surface area contributed by atoms with Gasteiger partial charge in [-0.25, -0.2) is 0 Å². The fourth-order valence-corrected chi connectivity index (χ4v) is 9.64. The summed E-state index contributed by atoms with van der Waals surface area (Å²) in [7, 11) is 0. The molecule has 398 valence electrons. The van der Waals surface area contributed by atoms with E-state index >= 15 is 0 Å². The van der Waals surface area contributed by atoms with Crippen molar-refractivity contribution in [3.8, 4) is 0 Å². The molecule has 0 rings (SSSR count). The molecule has 2 atom stereocenters. The molecule has 6 heteroatoms. The van der Waals surface area contributed by atoms with Gasteiger partial charge in [0, 0.05) is 12.8 Å². The van der Waals surface area contributed by atoms with Crippen molar-refractivity contribution in [1.29, 1.82) is 0 Å². The van der Waals surface area contributed by atoms with Crippen molar-refractivity contribution in [3.05, 3.63) is 12.2 Å². The number of carbonyl (C=O) groups is 2. The monoisotopic (exact) mass is 946 g/mol. The van der Waals surface area contributed by atoms with Gasteiger partial charge < -0.3 is 20.3 Å². The smallest absolute Gasteiger partial charge is 0.305 e. The average Bonchev–Trinajstić information content (AvgIpc) is 3.33. The number of nitrogens with one attached hydrogen (secondary N) is 1. The Bertz CT molecular complexity index is 1000. The number of rotatable bonds is 57. The van der Waals surface area contributed by atoms with Crippen molar-refractivity contribution in [2.45, 2.75) is 353 Å². The fourth-order valence-electron chi connectivity index (χ4n) is 9.64. The predicted octanol–water partition coefficient (Wildman–Crippen LogP) is 18.9. The summed E-state index contributed by atoms with van der Waals surface area (Å²) in [5.74, 6) is -0.0519. The number of allylic oxidation sites excluding steroid dienone is 2. The van der Waals surface area contributed by atoms with E-state index in [1.165, 1.54) is 238 Å². The zero-order valence-electron chi connectivity index (χ0n) is 45.4. The molecule has 0 fully saturated rings. The summed E-state index contributed by atoms with van der Waals surface area (Å²) in [5, 5.41) is 23.3. The number of esters is 1. The van der Waals surface area contributed by atoms with Gasteiger partial charge in [0.15, 0.2) is 0 Å². The van der Waals surface area contributed by atoms with E-state index in [-0.39, 0.29) is 18.5 Å². The molecule has 0 aliphatic heterocycles. The predicted molar refractivity (Wildman–Crippen MR) is 292 cm³/mol. The highest BCUT2D eigenvalue weighted by Gasteiger charge is 2.20. The van der Waals surface area contributed by atoms with Gasteiger partial charge in [0.1, 0.15) is 0 Å². The molecule has 2 unspecified atom stereocenters. The summed E-state index contributed by atoms with van der Waals surface area (Å²) >= 11 is 0. The third-order valence-corrected chi connectivity index (χ3v) is 14.3. The second kappa shape index (κ2) is 57.2. The quantitative estimate of drug-likeness (QED) is 0.0321. The van der Waals surface area contributed by atoms with Gasteiger partial charge in [-0.15, -0.1) is 0 Å². The van der Waals surface area contributed by atoms with Crippen LogP contribution in [0.5, 0.6) is 0 Å². The Morgan fingerprint density at radius 2 is 0.701 bits per heavy atom. The molecular formula is C61H119NO5. The summed E-state index contributed by atoms with van der Waals surface area (Å²) < 4.78 is 5.48. The summed E-state index contributed by atoms with van der Waals surface area (Å²) in [6.07, 6.45) is 67.8. The minimum Gasteiger partial charge on any atom is -0.466 e. The first kappa shape index (κ1) is 65.6. The summed E-state index contributed by atoms with van der Waals surface area (Å²) in [6.45, 7) is 4.95. The molecule has 0 radical (unpaired) electrons. The maximum atomic E-state index is 12.5. The number of aliphatic hydroxyl groups excluding tert-OH is 2. The van der Waals surface area contributed by atoms with E-state index in [1.54, 1.807) is 0 Å². The molecule has 0 aliphatic rings. The van der Waals surface area contributed by atoms with Crippen LogP contribution in [0.25, 0.3) is 0 Å². The van der Waals surface area contributed by atoms with E-state index in [9.17, 15) is 19.8 Å². The van der Waals surface area contributed by atoms with Crippen molar-refractivity contribution < 1.29 is 24.5 Å². The van der Waals surface area contributed by atoms with Crippen LogP contribution in [0.4, 0.5) is 0 Å². The molecule has 0 spiro atoms. The van der Waals surface area contributed by atoms with Crippen LogP contribution in [-0.4, -0.2) is 47.4 Å². The van der Waals surface area contributed by atoms with Crippen LogP contribution >= 0.6 is 0 Å². The summed E-state index contributed by atoms with van der Waals surface area (Å²) in [5.41, 5.74) is 0. The van der Waals surface area contributed by atoms with E-state index in [0.29, 0.717) is 25.9 Å². The van der Waals surface area contributed by atoms with Gasteiger partial charge in [0.05, 0.1) is 25.4 Å². The number of carbonyl (C=O) groups excluding carboxylic acids is 2. The van der Waals surface area contributed by atoms with Crippen LogP contribution in [0.15, 0.2) is 12.2 Å². The number of hydrogen-bond donors (Lipinski definition) is 3. The average molecular weight is 947 g/mol. The molecule has 0 bridgehead atoms. The third kappa shape index (κ3) is 53.8. The molecule has 0 saturated heterocycles. The summed E-state index contributed by atoms with van der Waals surface area (Å²) in [6, 6.07) is -0.552. The first-order chi connectivity index (χ1) is 33.0. The van der Waals surface area contributed by atoms with Crippen LogP contribution in [0.1, 0.15) is 341 Å². The zero-order chi connectivity index (χ0) is 48.6. The highest BCUT2D eigenvalue weighted by Crippen LogP contribution is 2.18. The Kier molecular flexibility index (Phi) is 56.0. The molecule has 0 heterocycles. The van der Waals surface area contributed by atoms with E-state index in [2.05, 4.69) is 31.3 Å². The highest BCUT2D eigenvalue weighted by atomic mass is 16.5. The molecule has 1 amide bonds. The SMILES string of the molecule is CCCCCCCCCCCCCCCCCCCCCC(=O)OCCCCCC/C=C\CCCCCCCCCC(=O)NC(CO)C(O)CCCCCCCCCCCCCCCCCC. The lowest BCUT2D eigenvalue weighted by Gasteiger charge is -2.22. The number of hydrogen-bond acceptors (Lipinski definition) is 5. The van der Waals surface area contributed by atoms with Crippen LogP contribution in [0.2, 0.25) is 0 Å². The van der Waals surface area contributed by atoms with Gasteiger partial charge in [-0.3, -0.25) is 9.59 Å². The molecule has 6 nitrogen and oxygen atoms in total. The molecule has 0 saturated carbocycles. The van der Waals surface area contributed by atoms with E-state index in [0.717, 1.165) is 70.6 Å². The molecular weight excluding hydrogens is 827 g/mol. The van der Waals surface area contributed by atoms with Gasteiger partial charge >= 0.3 is 5.97 Å². The summed E-state index contributed by atoms with van der Waals surface area (Å²) in [4.78, 5) is 24.6.